The van der Waals surface area contributed by atoms with Gasteiger partial charge in [-0.1, -0.05) is 139 Å². The quantitative estimate of drug-likeness (QED) is 0.0151. The first-order chi connectivity index (χ1) is 53.5. The van der Waals surface area contributed by atoms with Gasteiger partial charge in [0.05, 0.1) is 4.92 Å². The Hall–Kier alpha value is -11.0. The fraction of sp³-hybridized carbons (Fsp3) is 0.524. The van der Waals surface area contributed by atoms with Crippen molar-refractivity contribution >= 4 is 109 Å². The van der Waals surface area contributed by atoms with E-state index in [4.69, 9.17) is 9.47 Å². The zero-order valence-electron chi connectivity index (χ0n) is 66.8. The number of nitrogens with one attached hydrogen (secondary N) is 10. The largest absolute Gasteiger partial charge is 0.444 e. The van der Waals surface area contributed by atoms with Crippen LogP contribution >= 0.6 is 0 Å². The fourth-order valence-corrected chi connectivity index (χ4v) is 14.9. The summed E-state index contributed by atoms with van der Waals surface area (Å²) < 4.78 is 10.9. The molecule has 10 atom stereocenters. The first-order valence-electron chi connectivity index (χ1n) is 39.4. The molecule has 113 heavy (non-hydrogen) atoms. The molecule has 0 saturated carbocycles. The van der Waals surface area contributed by atoms with Crippen molar-refractivity contribution in [1.29, 1.82) is 0 Å². The van der Waals surface area contributed by atoms with Crippen LogP contribution in [0.25, 0.3) is 32.3 Å². The number of carbonyl (C=O) groups excluding carboxylic acids is 12. The highest BCUT2D eigenvalue weighted by Crippen LogP contribution is 2.37. The molecule has 29 heteroatoms. The maximum atomic E-state index is 15.9. The number of non-ortho nitro benzene ring substituents is 1. The molecule has 0 aliphatic carbocycles. The van der Waals surface area contributed by atoms with Gasteiger partial charge >= 0.3 is 12.2 Å². The second-order valence-corrected chi connectivity index (χ2v) is 33.0. The second kappa shape index (κ2) is 38.5. The van der Waals surface area contributed by atoms with Gasteiger partial charge in [0.2, 0.25) is 59.1 Å². The summed E-state index contributed by atoms with van der Waals surface area (Å²) in [4.78, 5) is 193. The van der Waals surface area contributed by atoms with Gasteiger partial charge in [-0.25, -0.2) is 9.59 Å². The van der Waals surface area contributed by atoms with E-state index in [9.17, 15) is 19.7 Å². The van der Waals surface area contributed by atoms with Crippen LogP contribution in [0.1, 0.15) is 164 Å². The molecule has 0 bridgehead atoms. The van der Waals surface area contributed by atoms with Gasteiger partial charge in [-0.05, 0) is 173 Å². The Morgan fingerprint density at radius 1 is 0.460 bits per heavy atom. The van der Waals surface area contributed by atoms with Gasteiger partial charge in [0.25, 0.3) is 5.69 Å². The van der Waals surface area contributed by atoms with Gasteiger partial charge in [-0.2, -0.15) is 0 Å². The summed E-state index contributed by atoms with van der Waals surface area (Å²) in [6, 6.07) is 18.0. The van der Waals surface area contributed by atoms with Crippen LogP contribution in [0.15, 0.2) is 109 Å². The van der Waals surface area contributed by atoms with Gasteiger partial charge in [-0.15, -0.1) is 0 Å². The van der Waals surface area contributed by atoms with E-state index in [2.05, 4.69) is 53.2 Å². The molecule has 3 aliphatic heterocycles. The Morgan fingerprint density at radius 3 is 1.35 bits per heavy atom. The van der Waals surface area contributed by atoms with Crippen molar-refractivity contribution < 1.29 is 71.9 Å². The summed E-state index contributed by atoms with van der Waals surface area (Å²) in [5.41, 5.74) is -0.346. The third-order valence-electron chi connectivity index (χ3n) is 20.3. The van der Waals surface area contributed by atoms with E-state index in [-0.39, 0.29) is 114 Å². The molecule has 608 valence electrons. The smallest absolute Gasteiger partial charge is 0.407 e. The Balaban J connectivity index is 1.14. The van der Waals surface area contributed by atoms with Crippen LogP contribution in [0.3, 0.4) is 0 Å². The van der Waals surface area contributed by atoms with Crippen LogP contribution < -0.4 is 53.2 Å². The van der Waals surface area contributed by atoms with Crippen molar-refractivity contribution in [2.45, 2.75) is 238 Å². The number of nitro benzene ring substituents is 1. The minimum absolute atomic E-state index is 0.0131. The Bertz CT molecular complexity index is 4410. The van der Waals surface area contributed by atoms with Gasteiger partial charge in [0.1, 0.15) is 71.6 Å². The Kier molecular flexibility index (Phi) is 29.3. The predicted octanol–water partition coefficient (Wildman–Crippen LogP) is 7.75. The maximum Gasteiger partial charge on any atom is 0.407 e. The molecule has 3 heterocycles. The number of alkyl carbamates (subject to hydrolysis) is 2. The van der Waals surface area contributed by atoms with E-state index in [0.29, 0.717) is 29.5 Å². The van der Waals surface area contributed by atoms with Crippen molar-refractivity contribution in [3.63, 3.8) is 0 Å². The van der Waals surface area contributed by atoms with Crippen LogP contribution in [-0.4, -0.2) is 184 Å². The van der Waals surface area contributed by atoms with E-state index in [1.807, 2.05) is 82.3 Å². The number of hydrogen-bond acceptors (Lipinski definition) is 16. The van der Waals surface area contributed by atoms with Crippen LogP contribution in [0.4, 0.5) is 15.3 Å². The number of carbonyl (C=O) groups is 12. The summed E-state index contributed by atoms with van der Waals surface area (Å²) in [6.07, 6.45) is -1.35. The molecule has 6 aromatic carbocycles. The average molecular weight is 1560 g/mol. The molecule has 0 radical (unpaired) electrons. The van der Waals surface area contributed by atoms with Gasteiger partial charge < -0.3 is 72.4 Å². The minimum Gasteiger partial charge on any atom is -0.444 e. The summed E-state index contributed by atoms with van der Waals surface area (Å²) in [5.74, 6) is -9.04. The molecule has 0 unspecified atom stereocenters. The number of benzene rings is 6. The van der Waals surface area contributed by atoms with Gasteiger partial charge in [0, 0.05) is 57.6 Å². The highest BCUT2D eigenvalue weighted by atomic mass is 16.6. The van der Waals surface area contributed by atoms with Crippen molar-refractivity contribution in [2.75, 3.05) is 26.2 Å². The third kappa shape index (κ3) is 23.8. The van der Waals surface area contributed by atoms with Crippen LogP contribution in [0, 0.1) is 27.9 Å². The van der Waals surface area contributed by atoms with E-state index >= 15 is 47.9 Å². The number of hydrogen-bond donors (Lipinski definition) is 10. The molecule has 3 saturated heterocycles. The molecule has 0 spiro atoms. The number of ether oxygens (including phenoxy) is 2. The van der Waals surface area contributed by atoms with Crippen LogP contribution in [-0.2, 0) is 76.7 Å². The number of nitrogens with zero attached hydrogens (tertiary/aromatic N) is 3. The molecule has 0 aromatic heterocycles. The van der Waals surface area contributed by atoms with E-state index in [1.165, 1.54) is 34.1 Å². The fourth-order valence-electron chi connectivity index (χ4n) is 14.9. The van der Waals surface area contributed by atoms with Crippen molar-refractivity contribution in [1.82, 2.24) is 63.0 Å². The maximum absolute atomic E-state index is 15.9. The van der Waals surface area contributed by atoms with Crippen molar-refractivity contribution in [3.8, 4) is 0 Å². The molecular weight excluding hydrogens is 1450 g/mol. The standard InChI is InChI=1S/C84H111N13O16/c1-48(2)43-61-73(100)92-64(46-51-21-14-13-15-22-51)79(106)95-41-19-27-66(95)76(103)91-63(45-52-29-36-57(37-30-52)97(110)111)75(102)87-59(25-17-39-85-81(108)112-83(7,8)9)71(98)89-62(44-49(3)4)74(101)93-65(47-56-34-33-55-32-31-53-23-16-24-54-35-38-58(56)69(55)68(53)54)80(107)96-42-20-28-67(96)77(104)94-70(50(5)6)78(105)88-60(72(99)90-61)26-18-40-86-82(109)113-84(10,11)12/h13-16,21-24,29-38,48-50,59-67,70H,17-20,25-28,39-47H2,1-12H3,(H,85,108)(H,86,109)(H,87,102)(H,88,105)(H,89,98)(H,90,99)(H,91,103)(H,92,100)(H,93,101)(H,94,104)/t59-,60-,61-,62-,63-,64+,65+,66-,67-,70-/m0/s1. The number of nitro groups is 1. The number of amides is 12. The van der Waals surface area contributed by atoms with Gasteiger partial charge in [0.15, 0.2) is 0 Å². The van der Waals surface area contributed by atoms with E-state index < -0.39 is 154 Å². The Labute approximate surface area is 659 Å². The van der Waals surface area contributed by atoms with Crippen molar-refractivity contribution in [3.05, 3.63) is 136 Å². The van der Waals surface area contributed by atoms with Crippen LogP contribution in [0.5, 0.6) is 0 Å². The lowest BCUT2D eigenvalue weighted by atomic mass is 9.90. The predicted molar refractivity (Wildman–Crippen MR) is 426 cm³/mol. The van der Waals surface area contributed by atoms with E-state index in [1.54, 1.807) is 85.7 Å². The minimum atomic E-state index is -1.57. The topological polar surface area (TPSA) is 393 Å². The second-order valence-electron chi connectivity index (χ2n) is 33.0. The zero-order valence-corrected chi connectivity index (χ0v) is 66.8. The number of fused-ring (bicyclic) bond motifs is 2. The SMILES string of the molecule is CC(C)C[C@@H]1NC(=O)[C@H](CCCNC(=O)OC(C)(C)C)NC(=O)[C@H](C(C)C)NC(=O)[C@@H]2CCCN2C(=O)[C@@H](Cc2ccc3ccc4cccc5ccc2c3c45)NC(=O)[C@H](CC(C)C)NC(=O)[C@H](CCCNC(=O)OC(C)(C)C)NC(=O)[C@H](Cc2ccc([N+](=O)[O-])cc2)NC(=O)[C@@H]2CCCN2C(=O)[C@@H](Cc2ccccc2)NC1=O. The lowest BCUT2D eigenvalue weighted by Gasteiger charge is -2.33. The summed E-state index contributed by atoms with van der Waals surface area (Å²) >= 11 is 0. The molecule has 9 rings (SSSR count). The molecule has 3 aliphatic rings. The highest BCUT2D eigenvalue weighted by Gasteiger charge is 2.44. The molecule has 6 aromatic rings. The summed E-state index contributed by atoms with van der Waals surface area (Å²) in [6.45, 7) is 20.8. The first kappa shape index (κ1) is 86.0. The first-order valence-corrected chi connectivity index (χ1v) is 39.4. The molecular formula is C84H111N13O16. The monoisotopic (exact) mass is 1560 g/mol. The molecule has 12 amide bonds. The Morgan fingerprint density at radius 2 is 0.867 bits per heavy atom. The molecule has 29 nitrogen and oxygen atoms in total. The zero-order chi connectivity index (χ0) is 82.2. The third-order valence-corrected chi connectivity index (χ3v) is 20.3. The molecule has 3 fully saturated rings. The lowest BCUT2D eigenvalue weighted by molar-refractivity contribution is -0.384. The van der Waals surface area contributed by atoms with Crippen LogP contribution in [0.2, 0.25) is 0 Å². The summed E-state index contributed by atoms with van der Waals surface area (Å²) in [5, 5.41) is 45.9. The summed E-state index contributed by atoms with van der Waals surface area (Å²) in [7, 11) is 0. The lowest BCUT2D eigenvalue weighted by Crippen LogP contribution is -2.62. The van der Waals surface area contributed by atoms with Gasteiger partial charge in [-0.3, -0.25) is 58.1 Å². The highest BCUT2D eigenvalue weighted by molar-refractivity contribution is 6.23. The normalized spacial score (nSPS) is 22.7. The average Bonchev–Trinajstić information content (AvgIpc) is 0.967. The number of rotatable bonds is 20. The van der Waals surface area contributed by atoms with E-state index in [0.717, 1.165) is 32.3 Å². The van der Waals surface area contributed by atoms with Crippen molar-refractivity contribution in [2.24, 2.45) is 17.8 Å². The molecule has 10 N–H and O–H groups in total.